The zero-order valence-electron chi connectivity index (χ0n) is 18.4. The maximum Gasteiger partial charge on any atom is 0.257 e. The van der Waals surface area contributed by atoms with Crippen molar-refractivity contribution in [1.82, 2.24) is 15.1 Å². The molecule has 0 radical (unpaired) electrons. The van der Waals surface area contributed by atoms with E-state index < -0.39 is 11.9 Å². The number of hydrogen-bond acceptors (Lipinski definition) is 4. The number of piperidine rings is 1. The monoisotopic (exact) mass is 433 g/mol. The number of likely N-dealkylation sites (tertiary alicyclic amines) is 2. The number of hydrogen-bond donors (Lipinski definition) is 1. The SMILES string of the molecule is O=C(NC(=O)[C@H]1CCCN1CC(=O)N1CCC(Cc2ccccc2)CC1)c1ccccc1. The number of carbonyl (C=O) groups excluding carboxylic acids is 3. The molecule has 0 aliphatic carbocycles. The van der Waals surface area contributed by atoms with Gasteiger partial charge in [0.25, 0.3) is 5.91 Å². The molecule has 0 saturated carbocycles. The zero-order chi connectivity index (χ0) is 22.3. The van der Waals surface area contributed by atoms with Gasteiger partial charge in [0.05, 0.1) is 12.6 Å². The molecule has 32 heavy (non-hydrogen) atoms. The molecule has 0 spiro atoms. The van der Waals surface area contributed by atoms with E-state index in [9.17, 15) is 14.4 Å². The highest BCUT2D eigenvalue weighted by molar-refractivity contribution is 6.06. The van der Waals surface area contributed by atoms with Crippen molar-refractivity contribution in [2.45, 2.75) is 38.1 Å². The van der Waals surface area contributed by atoms with Gasteiger partial charge in [0.2, 0.25) is 11.8 Å². The maximum atomic E-state index is 12.9. The van der Waals surface area contributed by atoms with E-state index in [-0.39, 0.29) is 18.4 Å². The fraction of sp³-hybridized carbons (Fsp3) is 0.423. The van der Waals surface area contributed by atoms with Crippen LogP contribution in [0.2, 0.25) is 0 Å². The average Bonchev–Trinajstić information content (AvgIpc) is 3.29. The van der Waals surface area contributed by atoms with Gasteiger partial charge in [0.15, 0.2) is 0 Å². The van der Waals surface area contributed by atoms with Crippen LogP contribution in [0.4, 0.5) is 0 Å². The van der Waals surface area contributed by atoms with Crippen LogP contribution in [-0.4, -0.2) is 59.7 Å². The van der Waals surface area contributed by atoms with Crippen LogP contribution in [0, 0.1) is 5.92 Å². The lowest BCUT2D eigenvalue weighted by molar-refractivity contribution is -0.135. The Kier molecular flexibility index (Phi) is 7.32. The summed E-state index contributed by atoms with van der Waals surface area (Å²) in [5, 5.41) is 2.51. The molecule has 168 valence electrons. The van der Waals surface area contributed by atoms with E-state index in [0.717, 1.165) is 38.8 Å². The smallest absolute Gasteiger partial charge is 0.257 e. The van der Waals surface area contributed by atoms with Crippen LogP contribution in [0.5, 0.6) is 0 Å². The lowest BCUT2D eigenvalue weighted by atomic mass is 9.90. The molecule has 6 nitrogen and oxygen atoms in total. The van der Waals surface area contributed by atoms with Crippen LogP contribution in [0.15, 0.2) is 60.7 Å². The first-order valence-electron chi connectivity index (χ1n) is 11.6. The maximum absolute atomic E-state index is 12.9. The van der Waals surface area contributed by atoms with Crippen LogP contribution in [0.3, 0.4) is 0 Å². The Bertz CT molecular complexity index is 924. The largest absolute Gasteiger partial charge is 0.342 e. The van der Waals surface area contributed by atoms with Crippen molar-refractivity contribution in [2.24, 2.45) is 5.92 Å². The first kappa shape index (κ1) is 22.2. The molecule has 2 aliphatic rings. The highest BCUT2D eigenvalue weighted by Gasteiger charge is 2.34. The van der Waals surface area contributed by atoms with Gasteiger partial charge in [-0.15, -0.1) is 0 Å². The van der Waals surface area contributed by atoms with Gasteiger partial charge in [-0.25, -0.2) is 0 Å². The zero-order valence-corrected chi connectivity index (χ0v) is 18.4. The second kappa shape index (κ2) is 10.6. The van der Waals surface area contributed by atoms with Crippen molar-refractivity contribution in [2.75, 3.05) is 26.2 Å². The summed E-state index contributed by atoms with van der Waals surface area (Å²) in [4.78, 5) is 41.8. The van der Waals surface area contributed by atoms with Gasteiger partial charge in [-0.3, -0.25) is 24.6 Å². The fourth-order valence-corrected chi connectivity index (χ4v) is 4.78. The number of benzene rings is 2. The quantitative estimate of drug-likeness (QED) is 0.712. The van der Waals surface area contributed by atoms with Gasteiger partial charge in [0, 0.05) is 18.7 Å². The normalized spacial score (nSPS) is 19.6. The molecule has 1 atom stereocenters. The minimum atomic E-state index is -0.428. The first-order valence-corrected chi connectivity index (χ1v) is 11.6. The van der Waals surface area contributed by atoms with E-state index in [0.29, 0.717) is 24.4 Å². The van der Waals surface area contributed by atoms with E-state index in [1.165, 1.54) is 5.56 Å². The van der Waals surface area contributed by atoms with E-state index >= 15 is 0 Å². The van der Waals surface area contributed by atoms with Gasteiger partial charge >= 0.3 is 0 Å². The van der Waals surface area contributed by atoms with Crippen molar-refractivity contribution in [1.29, 1.82) is 0 Å². The first-order chi connectivity index (χ1) is 15.6. The molecule has 0 unspecified atom stereocenters. The minimum Gasteiger partial charge on any atom is -0.342 e. The highest BCUT2D eigenvalue weighted by Crippen LogP contribution is 2.23. The summed E-state index contributed by atoms with van der Waals surface area (Å²) < 4.78 is 0. The Morgan fingerprint density at radius 1 is 0.844 bits per heavy atom. The van der Waals surface area contributed by atoms with Gasteiger partial charge in [-0.1, -0.05) is 48.5 Å². The summed E-state index contributed by atoms with van der Waals surface area (Å²) in [6.45, 7) is 2.48. The Hall–Kier alpha value is -2.99. The fourth-order valence-electron chi connectivity index (χ4n) is 4.78. The third-order valence-electron chi connectivity index (χ3n) is 6.61. The van der Waals surface area contributed by atoms with Crippen LogP contribution < -0.4 is 5.32 Å². The Balaban J connectivity index is 1.25. The predicted molar refractivity (Wildman–Crippen MR) is 123 cm³/mol. The summed E-state index contributed by atoms with van der Waals surface area (Å²) >= 11 is 0. The van der Waals surface area contributed by atoms with Crippen LogP contribution in [-0.2, 0) is 16.0 Å². The molecule has 3 amide bonds. The number of carbonyl (C=O) groups is 3. The van der Waals surface area contributed by atoms with Crippen LogP contribution >= 0.6 is 0 Å². The molecule has 2 heterocycles. The number of nitrogens with zero attached hydrogens (tertiary/aromatic N) is 2. The van der Waals surface area contributed by atoms with Crippen LogP contribution in [0.1, 0.15) is 41.6 Å². The molecule has 0 bridgehead atoms. The molecular weight excluding hydrogens is 402 g/mol. The summed E-state index contributed by atoms with van der Waals surface area (Å²) in [5.41, 5.74) is 1.81. The van der Waals surface area contributed by atoms with E-state index in [1.807, 2.05) is 21.9 Å². The molecule has 2 aliphatic heterocycles. The van der Waals surface area contributed by atoms with Gasteiger partial charge in [-0.05, 0) is 62.3 Å². The lowest BCUT2D eigenvalue weighted by Gasteiger charge is -2.34. The number of nitrogens with one attached hydrogen (secondary N) is 1. The lowest BCUT2D eigenvalue weighted by Crippen LogP contribution is -2.50. The van der Waals surface area contributed by atoms with Crippen molar-refractivity contribution in [3.63, 3.8) is 0 Å². The molecule has 0 aromatic heterocycles. The second-order valence-corrected chi connectivity index (χ2v) is 8.83. The molecule has 2 aromatic rings. The molecule has 4 rings (SSSR count). The third-order valence-corrected chi connectivity index (χ3v) is 6.61. The standard InChI is InChI=1S/C26H31N3O3/c30-24(28-16-13-21(14-17-28)18-20-8-3-1-4-9-20)19-29-15-7-12-23(29)26(32)27-25(31)22-10-5-2-6-11-22/h1-6,8-11,21,23H,7,12-19H2,(H,27,31,32)/t23-/m1/s1. The summed E-state index contributed by atoms with van der Waals surface area (Å²) in [5.74, 6) is -0.0204. The molecular formula is C26H31N3O3. The molecule has 1 N–H and O–H groups in total. The molecule has 2 fully saturated rings. The topological polar surface area (TPSA) is 69.7 Å². The predicted octanol–water partition coefficient (Wildman–Crippen LogP) is 2.89. The van der Waals surface area contributed by atoms with E-state index in [2.05, 4.69) is 29.6 Å². The average molecular weight is 434 g/mol. The Morgan fingerprint density at radius 3 is 2.19 bits per heavy atom. The van der Waals surface area contributed by atoms with E-state index in [4.69, 9.17) is 0 Å². The molecule has 2 saturated heterocycles. The third kappa shape index (κ3) is 5.62. The number of amides is 3. The van der Waals surface area contributed by atoms with Crippen molar-refractivity contribution in [3.05, 3.63) is 71.8 Å². The summed E-state index contributed by atoms with van der Waals surface area (Å²) in [7, 11) is 0. The minimum absolute atomic E-state index is 0.0808. The summed E-state index contributed by atoms with van der Waals surface area (Å²) in [6.07, 6.45) is 4.60. The van der Waals surface area contributed by atoms with Crippen molar-refractivity contribution in [3.8, 4) is 0 Å². The number of imide groups is 1. The van der Waals surface area contributed by atoms with Crippen molar-refractivity contribution >= 4 is 17.7 Å². The van der Waals surface area contributed by atoms with E-state index in [1.54, 1.807) is 24.3 Å². The van der Waals surface area contributed by atoms with Crippen molar-refractivity contribution < 1.29 is 14.4 Å². The molecule has 6 heteroatoms. The highest BCUT2D eigenvalue weighted by atomic mass is 16.2. The van der Waals surface area contributed by atoms with Gasteiger partial charge in [-0.2, -0.15) is 0 Å². The molecule has 2 aromatic carbocycles. The number of rotatable bonds is 6. The second-order valence-electron chi connectivity index (χ2n) is 8.83. The Labute approximate surface area is 189 Å². The summed E-state index contributed by atoms with van der Waals surface area (Å²) in [6, 6.07) is 18.8. The Morgan fingerprint density at radius 2 is 1.50 bits per heavy atom. The van der Waals surface area contributed by atoms with Gasteiger partial charge < -0.3 is 4.90 Å². The van der Waals surface area contributed by atoms with Crippen LogP contribution in [0.25, 0.3) is 0 Å². The van der Waals surface area contributed by atoms with Gasteiger partial charge in [0.1, 0.15) is 0 Å².